The molecule has 4 aliphatic rings. The van der Waals surface area contributed by atoms with Crippen LogP contribution in [0.1, 0.15) is 98.8 Å². The normalized spacial score (nSPS) is 42.9. The van der Waals surface area contributed by atoms with Gasteiger partial charge in [-0.2, -0.15) is 11.8 Å². The van der Waals surface area contributed by atoms with Crippen LogP contribution in [-0.2, 0) is 9.53 Å². The molecule has 208 valence electrons. The molecule has 0 bridgehead atoms. The maximum Gasteiger partial charge on any atom is 0.305 e. The summed E-state index contributed by atoms with van der Waals surface area (Å²) >= 11 is 2.19. The number of rotatable bonds is 10. The predicted octanol–water partition coefficient (Wildman–Crippen LogP) is 6.53. The molecule has 4 nitrogen and oxygen atoms in total. The van der Waals surface area contributed by atoms with Crippen LogP contribution in [0, 0.1) is 46.3 Å². The van der Waals surface area contributed by atoms with E-state index >= 15 is 0 Å². The van der Waals surface area contributed by atoms with Gasteiger partial charge in [-0.05, 0) is 110 Å². The van der Waals surface area contributed by atoms with E-state index in [4.69, 9.17) is 4.74 Å². The number of ether oxygens (including phenoxy) is 1. The smallest absolute Gasteiger partial charge is 0.305 e. The van der Waals surface area contributed by atoms with Gasteiger partial charge in [-0.3, -0.25) is 4.79 Å². The molecule has 4 rings (SSSR count). The van der Waals surface area contributed by atoms with Crippen molar-refractivity contribution < 1.29 is 9.53 Å². The van der Waals surface area contributed by atoms with Gasteiger partial charge in [-0.25, -0.2) is 0 Å². The number of hydrogen-bond donors (Lipinski definition) is 2. The fourth-order valence-electron chi connectivity index (χ4n) is 9.89. The minimum absolute atomic E-state index is 0.0415. The van der Waals surface area contributed by atoms with Crippen LogP contribution < -0.4 is 10.6 Å². The van der Waals surface area contributed by atoms with E-state index in [1.807, 2.05) is 0 Å². The quantitative estimate of drug-likeness (QED) is 0.253. The zero-order valence-electron chi connectivity index (χ0n) is 24.4. The monoisotopic (exact) mass is 520 g/mol. The molecule has 0 spiro atoms. The van der Waals surface area contributed by atoms with Crippen molar-refractivity contribution >= 4 is 17.7 Å². The van der Waals surface area contributed by atoms with E-state index in [1.54, 1.807) is 0 Å². The first-order chi connectivity index (χ1) is 17.1. The van der Waals surface area contributed by atoms with Gasteiger partial charge in [-0.15, -0.1) is 0 Å². The van der Waals surface area contributed by atoms with Crippen molar-refractivity contribution in [3.63, 3.8) is 0 Å². The van der Waals surface area contributed by atoms with Gasteiger partial charge in [0.1, 0.15) is 0 Å². The first-order valence-corrected chi connectivity index (χ1v) is 16.5. The second-order valence-corrected chi connectivity index (χ2v) is 14.9. The summed E-state index contributed by atoms with van der Waals surface area (Å²) < 4.78 is 4.95. The minimum Gasteiger partial charge on any atom is -0.469 e. The molecule has 0 aromatic carbocycles. The molecule has 0 radical (unpaired) electrons. The molecule has 2 N–H and O–H groups in total. The molecule has 36 heavy (non-hydrogen) atoms. The van der Waals surface area contributed by atoms with Crippen molar-refractivity contribution in [2.45, 2.75) is 116 Å². The maximum atomic E-state index is 11.8. The minimum atomic E-state index is -0.0415. The molecule has 5 heteroatoms. The largest absolute Gasteiger partial charge is 0.469 e. The van der Waals surface area contributed by atoms with Gasteiger partial charge in [0.15, 0.2) is 0 Å². The van der Waals surface area contributed by atoms with Crippen molar-refractivity contribution in [1.82, 2.24) is 10.6 Å². The Kier molecular flexibility index (Phi) is 9.47. The Hall–Kier alpha value is -0.260. The van der Waals surface area contributed by atoms with Crippen LogP contribution in [0.25, 0.3) is 0 Å². The van der Waals surface area contributed by atoms with Crippen LogP contribution in [0.15, 0.2) is 0 Å². The summed E-state index contributed by atoms with van der Waals surface area (Å²) in [4.78, 5) is 11.8. The molecular formula is C31H56N2O2S. The first kappa shape index (κ1) is 28.7. The summed E-state index contributed by atoms with van der Waals surface area (Å²) in [6, 6.07) is 1.28. The molecular weight excluding hydrogens is 464 g/mol. The molecule has 0 aromatic rings. The van der Waals surface area contributed by atoms with E-state index < -0.39 is 0 Å². The highest BCUT2D eigenvalue weighted by molar-refractivity contribution is 7.99. The Labute approximate surface area is 226 Å². The Morgan fingerprint density at radius 1 is 1.00 bits per heavy atom. The highest BCUT2D eigenvalue weighted by Crippen LogP contribution is 2.69. The maximum absolute atomic E-state index is 11.8. The first-order valence-electron chi connectivity index (χ1n) is 15.2. The number of fused-ring (bicyclic) bond motifs is 5. The number of carbonyl (C=O) groups excluding carboxylic acids is 1. The van der Waals surface area contributed by atoms with Gasteiger partial charge >= 0.3 is 5.97 Å². The lowest BCUT2D eigenvalue weighted by Crippen LogP contribution is -2.59. The second kappa shape index (κ2) is 11.9. The average molecular weight is 521 g/mol. The zero-order chi connectivity index (χ0) is 26.1. The molecule has 0 heterocycles. The predicted molar refractivity (Wildman–Crippen MR) is 153 cm³/mol. The van der Waals surface area contributed by atoms with Gasteiger partial charge in [0, 0.05) is 36.8 Å². The van der Waals surface area contributed by atoms with Gasteiger partial charge in [0.05, 0.1) is 7.11 Å². The van der Waals surface area contributed by atoms with Gasteiger partial charge in [0.25, 0.3) is 0 Å². The van der Waals surface area contributed by atoms with Crippen molar-refractivity contribution in [3.05, 3.63) is 0 Å². The van der Waals surface area contributed by atoms with Crippen LogP contribution in [0.4, 0.5) is 0 Å². The summed E-state index contributed by atoms with van der Waals surface area (Å²) in [5.41, 5.74) is 0.983. The highest BCUT2D eigenvalue weighted by atomic mass is 32.2. The fraction of sp³-hybridized carbons (Fsp3) is 0.968. The fourth-order valence-corrected chi connectivity index (χ4v) is 11.0. The van der Waals surface area contributed by atoms with Crippen LogP contribution in [0.5, 0.6) is 0 Å². The third kappa shape index (κ3) is 5.55. The summed E-state index contributed by atoms with van der Waals surface area (Å²) in [6.07, 6.45) is 15.2. The number of thioether (sulfide) groups is 1. The second-order valence-electron chi connectivity index (χ2n) is 13.9. The average Bonchev–Trinajstić information content (AvgIpc) is 3.21. The third-order valence-electron chi connectivity index (χ3n) is 11.9. The van der Waals surface area contributed by atoms with E-state index in [1.165, 1.54) is 58.5 Å². The lowest BCUT2D eigenvalue weighted by molar-refractivity contribution is -0.141. The van der Waals surface area contributed by atoms with E-state index in [9.17, 15) is 4.79 Å². The van der Waals surface area contributed by atoms with Crippen LogP contribution >= 0.6 is 11.8 Å². The van der Waals surface area contributed by atoms with Crippen molar-refractivity contribution in [2.24, 2.45) is 46.3 Å². The van der Waals surface area contributed by atoms with Crippen molar-refractivity contribution in [3.8, 4) is 0 Å². The van der Waals surface area contributed by atoms with Crippen molar-refractivity contribution in [1.29, 1.82) is 0 Å². The van der Waals surface area contributed by atoms with Gasteiger partial charge in [-0.1, -0.05) is 34.6 Å². The Bertz CT molecular complexity index is 746. The zero-order valence-corrected chi connectivity index (χ0v) is 25.2. The Balaban J connectivity index is 1.44. The van der Waals surface area contributed by atoms with E-state index in [0.29, 0.717) is 35.3 Å². The number of methoxy groups -OCH3 is 1. The SMILES string of the molecule is COC(=O)CC[C@@H](C)[C@H]1CCC2C3C(CC[C@@]21C)[C@@]1(C)CCC(NCCNC(C)C)C[C@@H]1C[C@H]3SC. The Morgan fingerprint density at radius 2 is 1.72 bits per heavy atom. The lowest BCUT2D eigenvalue weighted by atomic mass is 9.44. The molecule has 10 atom stereocenters. The molecule has 4 aliphatic carbocycles. The lowest BCUT2D eigenvalue weighted by Gasteiger charge is -2.63. The van der Waals surface area contributed by atoms with E-state index in [2.05, 4.69) is 63.3 Å². The number of nitrogens with one attached hydrogen (secondary N) is 2. The van der Waals surface area contributed by atoms with Gasteiger partial charge < -0.3 is 15.4 Å². The Morgan fingerprint density at radius 3 is 2.42 bits per heavy atom. The van der Waals surface area contributed by atoms with Crippen molar-refractivity contribution in [2.75, 3.05) is 26.5 Å². The summed E-state index contributed by atoms with van der Waals surface area (Å²) in [7, 11) is 1.52. The summed E-state index contributed by atoms with van der Waals surface area (Å²) in [5.74, 6) is 4.87. The molecule has 0 amide bonds. The van der Waals surface area contributed by atoms with E-state index in [0.717, 1.165) is 54.3 Å². The van der Waals surface area contributed by atoms with Crippen LogP contribution in [-0.4, -0.2) is 49.8 Å². The molecule has 0 saturated heterocycles. The van der Waals surface area contributed by atoms with Gasteiger partial charge in [0.2, 0.25) is 0 Å². The standard InChI is InChI=1S/C31H56N2O2S/c1-20(2)32-16-17-33-23-12-14-30(4)22(18-23)19-27(36-7)29-25-10-9-24(21(3)8-11-28(34)35-6)31(25,5)15-13-26(29)30/h20-27,29,32-33H,8-19H2,1-7H3/t21-,22-,23?,24-,25?,26?,27-,29?,30+,31-/m1/s1. The van der Waals surface area contributed by atoms with E-state index in [-0.39, 0.29) is 5.97 Å². The molecule has 4 unspecified atom stereocenters. The molecule has 0 aliphatic heterocycles. The molecule has 4 fully saturated rings. The molecule has 4 saturated carbocycles. The number of carbonyl (C=O) groups is 1. The summed E-state index contributed by atoms with van der Waals surface area (Å²) in [5, 5.41) is 8.30. The summed E-state index contributed by atoms with van der Waals surface area (Å²) in [6.45, 7) is 14.4. The highest BCUT2D eigenvalue weighted by Gasteiger charge is 2.62. The van der Waals surface area contributed by atoms with Crippen LogP contribution in [0.2, 0.25) is 0 Å². The molecule has 0 aromatic heterocycles. The number of esters is 1. The third-order valence-corrected chi connectivity index (χ3v) is 13.0. The van der Waals surface area contributed by atoms with Crippen LogP contribution in [0.3, 0.4) is 0 Å². The topological polar surface area (TPSA) is 50.4 Å². The number of hydrogen-bond acceptors (Lipinski definition) is 5.